The lowest BCUT2D eigenvalue weighted by atomic mass is 10.2. The first-order chi connectivity index (χ1) is 10.0. The van der Waals surface area contributed by atoms with Crippen molar-refractivity contribution in [1.82, 2.24) is 14.9 Å². The van der Waals surface area contributed by atoms with Crippen LogP contribution in [-0.4, -0.2) is 27.8 Å². The van der Waals surface area contributed by atoms with Crippen LogP contribution < -0.4 is 0 Å². The highest BCUT2D eigenvalue weighted by Crippen LogP contribution is 2.12. The Hall–Kier alpha value is -2.88. The molecule has 21 heavy (non-hydrogen) atoms. The fraction of sp³-hybridized carbons (Fsp3) is 0.143. The van der Waals surface area contributed by atoms with Crippen molar-refractivity contribution in [3.63, 3.8) is 0 Å². The van der Waals surface area contributed by atoms with Crippen LogP contribution in [0.4, 0.5) is 8.78 Å². The number of nitriles is 1. The number of amides is 1. The van der Waals surface area contributed by atoms with Gasteiger partial charge in [0.15, 0.2) is 23.0 Å². The molecule has 0 aliphatic rings. The van der Waals surface area contributed by atoms with Crippen molar-refractivity contribution in [2.24, 2.45) is 0 Å². The number of carbonyl (C=O) groups is 1. The number of nitrogens with zero attached hydrogens (tertiary/aromatic N) is 4. The third-order valence-electron chi connectivity index (χ3n) is 2.76. The normalized spacial score (nSPS) is 10.0. The molecule has 1 heterocycles. The zero-order valence-electron chi connectivity index (χ0n) is 11.0. The lowest BCUT2D eigenvalue weighted by molar-refractivity contribution is 0.0778. The standard InChI is InChI=1S/C14H10F2N4O/c1-20(8-9-2-3-10(15)11(16)6-9)14(21)13-12(7-17)18-4-5-19-13/h2-6H,8H2,1H3. The molecule has 1 aromatic carbocycles. The van der Waals surface area contributed by atoms with E-state index in [1.165, 1.54) is 30.4 Å². The molecule has 2 aromatic rings. The Labute approximate surface area is 119 Å². The van der Waals surface area contributed by atoms with Gasteiger partial charge in [-0.25, -0.2) is 18.7 Å². The maximum Gasteiger partial charge on any atom is 0.275 e. The van der Waals surface area contributed by atoms with E-state index in [0.29, 0.717) is 5.56 Å². The number of carbonyl (C=O) groups excluding carboxylic acids is 1. The molecule has 1 amide bonds. The summed E-state index contributed by atoms with van der Waals surface area (Å²) in [6.07, 6.45) is 2.62. The third kappa shape index (κ3) is 3.17. The highest BCUT2D eigenvalue weighted by atomic mass is 19.2. The molecule has 0 atom stereocenters. The average molecular weight is 288 g/mol. The van der Waals surface area contributed by atoms with Gasteiger partial charge in [0.25, 0.3) is 5.91 Å². The summed E-state index contributed by atoms with van der Waals surface area (Å²) in [6.45, 7) is 0.0531. The minimum atomic E-state index is -0.981. The van der Waals surface area contributed by atoms with Crippen molar-refractivity contribution in [2.45, 2.75) is 6.54 Å². The van der Waals surface area contributed by atoms with Crippen molar-refractivity contribution < 1.29 is 13.6 Å². The van der Waals surface area contributed by atoms with Crippen molar-refractivity contribution in [1.29, 1.82) is 5.26 Å². The second-order valence-corrected chi connectivity index (χ2v) is 4.28. The largest absolute Gasteiger partial charge is 0.336 e. The smallest absolute Gasteiger partial charge is 0.275 e. The van der Waals surface area contributed by atoms with E-state index >= 15 is 0 Å². The average Bonchev–Trinajstić information content (AvgIpc) is 2.50. The first-order valence-electron chi connectivity index (χ1n) is 5.93. The Morgan fingerprint density at radius 3 is 2.67 bits per heavy atom. The molecule has 0 aliphatic carbocycles. The van der Waals surface area contributed by atoms with E-state index in [9.17, 15) is 13.6 Å². The molecule has 2 rings (SSSR count). The van der Waals surface area contributed by atoms with Crippen molar-refractivity contribution >= 4 is 5.91 Å². The van der Waals surface area contributed by atoms with Gasteiger partial charge in [-0.1, -0.05) is 6.07 Å². The summed E-state index contributed by atoms with van der Waals surface area (Å²) in [4.78, 5) is 21.0. The molecule has 0 spiro atoms. The number of rotatable bonds is 3. The fourth-order valence-corrected chi connectivity index (χ4v) is 1.74. The van der Waals surface area contributed by atoms with Crippen LogP contribution in [0.25, 0.3) is 0 Å². The molecule has 0 saturated carbocycles. The van der Waals surface area contributed by atoms with Crippen LogP contribution in [0.1, 0.15) is 21.7 Å². The minimum Gasteiger partial charge on any atom is -0.336 e. The predicted molar refractivity (Wildman–Crippen MR) is 68.9 cm³/mol. The lowest BCUT2D eigenvalue weighted by Gasteiger charge is -2.17. The minimum absolute atomic E-state index is 0.0531. The first-order valence-corrected chi connectivity index (χ1v) is 5.93. The molecule has 106 valence electrons. The lowest BCUT2D eigenvalue weighted by Crippen LogP contribution is -2.28. The van der Waals surface area contributed by atoms with E-state index in [2.05, 4.69) is 9.97 Å². The Bertz CT molecular complexity index is 727. The zero-order chi connectivity index (χ0) is 15.4. The summed E-state index contributed by atoms with van der Waals surface area (Å²) in [5.41, 5.74) is 0.261. The van der Waals surface area contributed by atoms with Gasteiger partial charge in [-0.15, -0.1) is 0 Å². The molecular weight excluding hydrogens is 278 g/mol. The summed E-state index contributed by atoms with van der Waals surface area (Å²) in [5, 5.41) is 8.89. The van der Waals surface area contributed by atoms with Gasteiger partial charge in [-0.05, 0) is 17.7 Å². The van der Waals surface area contributed by atoms with Gasteiger partial charge in [0, 0.05) is 26.0 Å². The third-order valence-corrected chi connectivity index (χ3v) is 2.76. The van der Waals surface area contributed by atoms with Crippen molar-refractivity contribution in [2.75, 3.05) is 7.05 Å². The summed E-state index contributed by atoms with van der Waals surface area (Å²) < 4.78 is 26.0. The second-order valence-electron chi connectivity index (χ2n) is 4.28. The van der Waals surface area contributed by atoms with Crippen molar-refractivity contribution in [3.05, 3.63) is 59.2 Å². The van der Waals surface area contributed by atoms with Crippen LogP contribution >= 0.6 is 0 Å². The van der Waals surface area contributed by atoms with E-state index in [0.717, 1.165) is 12.1 Å². The molecule has 0 fully saturated rings. The SMILES string of the molecule is CN(Cc1ccc(F)c(F)c1)C(=O)c1nccnc1C#N. The predicted octanol–water partition coefficient (Wildman–Crippen LogP) is 1.90. The van der Waals surface area contributed by atoms with Gasteiger partial charge in [0.1, 0.15) is 6.07 Å². The van der Waals surface area contributed by atoms with Crippen molar-refractivity contribution in [3.8, 4) is 6.07 Å². The molecule has 0 saturated heterocycles. The van der Waals surface area contributed by atoms with E-state index in [1.54, 1.807) is 6.07 Å². The Kier molecular flexibility index (Phi) is 4.18. The maximum atomic E-state index is 13.1. The summed E-state index contributed by atoms with van der Waals surface area (Å²) in [5.74, 6) is -2.46. The highest BCUT2D eigenvalue weighted by Gasteiger charge is 2.18. The topological polar surface area (TPSA) is 69.9 Å². The Morgan fingerprint density at radius 1 is 1.29 bits per heavy atom. The molecule has 0 bridgehead atoms. The van der Waals surface area contributed by atoms with E-state index in [4.69, 9.17) is 5.26 Å². The number of hydrogen-bond acceptors (Lipinski definition) is 4. The van der Waals surface area contributed by atoms with Crippen LogP contribution in [-0.2, 0) is 6.54 Å². The summed E-state index contributed by atoms with van der Waals surface area (Å²) in [7, 11) is 1.47. The molecule has 0 radical (unpaired) electrons. The fourth-order valence-electron chi connectivity index (χ4n) is 1.74. The zero-order valence-corrected chi connectivity index (χ0v) is 11.0. The first kappa shape index (κ1) is 14.5. The molecule has 7 heteroatoms. The van der Waals surface area contributed by atoms with Crippen LogP contribution in [0.2, 0.25) is 0 Å². The van der Waals surface area contributed by atoms with Gasteiger partial charge < -0.3 is 4.90 Å². The van der Waals surface area contributed by atoms with Crippen LogP contribution in [0.15, 0.2) is 30.6 Å². The molecule has 0 unspecified atom stereocenters. The molecule has 5 nitrogen and oxygen atoms in total. The molecule has 0 aliphatic heterocycles. The van der Waals surface area contributed by atoms with Gasteiger partial charge in [-0.3, -0.25) is 4.79 Å². The number of benzene rings is 1. The number of hydrogen-bond donors (Lipinski definition) is 0. The van der Waals surface area contributed by atoms with Gasteiger partial charge in [-0.2, -0.15) is 5.26 Å². The van der Waals surface area contributed by atoms with E-state index in [-0.39, 0.29) is 17.9 Å². The summed E-state index contributed by atoms with van der Waals surface area (Å²) >= 11 is 0. The highest BCUT2D eigenvalue weighted by molar-refractivity contribution is 5.93. The second kappa shape index (κ2) is 6.05. The summed E-state index contributed by atoms with van der Waals surface area (Å²) in [6, 6.07) is 5.17. The van der Waals surface area contributed by atoms with Gasteiger partial charge in [0.2, 0.25) is 0 Å². The number of halogens is 2. The van der Waals surface area contributed by atoms with Gasteiger partial charge >= 0.3 is 0 Å². The quantitative estimate of drug-likeness (QED) is 0.865. The van der Waals surface area contributed by atoms with Crippen LogP contribution in [0.5, 0.6) is 0 Å². The Balaban J connectivity index is 2.20. The van der Waals surface area contributed by atoms with Crippen LogP contribution in [0.3, 0.4) is 0 Å². The monoisotopic (exact) mass is 288 g/mol. The van der Waals surface area contributed by atoms with E-state index in [1.807, 2.05) is 0 Å². The molecule has 0 N–H and O–H groups in total. The van der Waals surface area contributed by atoms with E-state index < -0.39 is 17.5 Å². The maximum absolute atomic E-state index is 13.1. The molecule has 1 aromatic heterocycles. The number of aromatic nitrogens is 2. The molecular formula is C14H10F2N4O. The van der Waals surface area contributed by atoms with Gasteiger partial charge in [0.05, 0.1) is 0 Å². The Morgan fingerprint density at radius 2 is 2.00 bits per heavy atom. The van der Waals surface area contributed by atoms with Crippen LogP contribution in [0, 0.1) is 23.0 Å².